The van der Waals surface area contributed by atoms with E-state index in [-0.39, 0.29) is 23.1 Å². The van der Waals surface area contributed by atoms with Gasteiger partial charge >= 0.3 is 0 Å². The third-order valence-corrected chi connectivity index (χ3v) is 6.05. The SMILES string of the molecule is CN(C(=O)C1CC1)c1ccccc1C(=O)NCC1(c2ccccc2)CCC1. The molecule has 27 heavy (non-hydrogen) atoms. The quantitative estimate of drug-likeness (QED) is 0.847. The second-order valence-electron chi connectivity index (χ2n) is 7.87. The molecular formula is C23H26N2O2. The number of carbonyl (C=O) groups is 2. The Morgan fingerprint density at radius 3 is 2.33 bits per heavy atom. The van der Waals surface area contributed by atoms with E-state index in [0.717, 1.165) is 25.7 Å². The van der Waals surface area contributed by atoms with Gasteiger partial charge in [-0.25, -0.2) is 0 Å². The van der Waals surface area contributed by atoms with Crippen molar-refractivity contribution in [3.63, 3.8) is 0 Å². The van der Waals surface area contributed by atoms with E-state index >= 15 is 0 Å². The summed E-state index contributed by atoms with van der Waals surface area (Å²) in [4.78, 5) is 27.0. The second-order valence-corrected chi connectivity index (χ2v) is 7.87. The molecule has 0 spiro atoms. The zero-order chi connectivity index (χ0) is 18.9. The summed E-state index contributed by atoms with van der Waals surface area (Å²) in [5.41, 5.74) is 2.60. The Bertz CT molecular complexity index is 838. The summed E-state index contributed by atoms with van der Waals surface area (Å²) in [6.07, 6.45) is 5.30. The van der Waals surface area contributed by atoms with Gasteiger partial charge in [0.2, 0.25) is 5.91 Å². The first-order chi connectivity index (χ1) is 13.1. The van der Waals surface area contributed by atoms with Crippen molar-refractivity contribution in [2.45, 2.75) is 37.5 Å². The van der Waals surface area contributed by atoms with Crippen LogP contribution < -0.4 is 10.2 Å². The van der Waals surface area contributed by atoms with Crippen molar-refractivity contribution in [1.82, 2.24) is 5.32 Å². The predicted molar refractivity (Wildman–Crippen MR) is 107 cm³/mol. The van der Waals surface area contributed by atoms with E-state index in [1.807, 2.05) is 24.3 Å². The Kier molecular flexibility index (Phi) is 4.73. The van der Waals surface area contributed by atoms with Gasteiger partial charge in [0.15, 0.2) is 0 Å². The van der Waals surface area contributed by atoms with Crippen molar-refractivity contribution in [2.24, 2.45) is 5.92 Å². The van der Waals surface area contributed by atoms with E-state index in [1.54, 1.807) is 18.0 Å². The lowest BCUT2D eigenvalue weighted by molar-refractivity contribution is -0.119. The normalized spacial score (nSPS) is 17.7. The van der Waals surface area contributed by atoms with E-state index in [9.17, 15) is 9.59 Å². The molecule has 2 saturated carbocycles. The Labute approximate surface area is 160 Å². The van der Waals surface area contributed by atoms with E-state index in [1.165, 1.54) is 12.0 Å². The molecule has 0 aromatic heterocycles. The maximum atomic E-state index is 12.9. The number of benzene rings is 2. The highest BCUT2D eigenvalue weighted by Crippen LogP contribution is 2.43. The van der Waals surface area contributed by atoms with Gasteiger partial charge in [0, 0.05) is 24.9 Å². The number of hydrogen-bond acceptors (Lipinski definition) is 2. The Balaban J connectivity index is 1.49. The number of anilines is 1. The molecule has 2 aromatic rings. The Morgan fingerprint density at radius 2 is 1.70 bits per heavy atom. The highest BCUT2D eigenvalue weighted by atomic mass is 16.2. The van der Waals surface area contributed by atoms with Crippen LogP contribution in [0.1, 0.15) is 48.0 Å². The predicted octanol–water partition coefficient (Wildman–Crippen LogP) is 3.91. The van der Waals surface area contributed by atoms with Crippen molar-refractivity contribution in [3.8, 4) is 0 Å². The van der Waals surface area contributed by atoms with E-state index in [2.05, 4.69) is 29.6 Å². The lowest BCUT2D eigenvalue weighted by Crippen LogP contribution is -2.45. The summed E-state index contributed by atoms with van der Waals surface area (Å²) in [5, 5.41) is 3.14. The fraction of sp³-hybridized carbons (Fsp3) is 0.391. The van der Waals surface area contributed by atoms with Crippen molar-refractivity contribution < 1.29 is 9.59 Å². The number of para-hydroxylation sites is 1. The molecule has 2 amide bonds. The zero-order valence-electron chi connectivity index (χ0n) is 15.8. The molecule has 0 atom stereocenters. The number of hydrogen-bond donors (Lipinski definition) is 1. The fourth-order valence-electron chi connectivity index (χ4n) is 3.99. The van der Waals surface area contributed by atoms with Crippen LogP contribution in [0.5, 0.6) is 0 Å². The van der Waals surface area contributed by atoms with Crippen LogP contribution in [0.2, 0.25) is 0 Å². The van der Waals surface area contributed by atoms with E-state index < -0.39 is 0 Å². The van der Waals surface area contributed by atoms with Crippen LogP contribution in [0.4, 0.5) is 5.69 Å². The summed E-state index contributed by atoms with van der Waals surface area (Å²) >= 11 is 0. The van der Waals surface area contributed by atoms with Gasteiger partial charge in [0.25, 0.3) is 5.91 Å². The Morgan fingerprint density at radius 1 is 1.04 bits per heavy atom. The van der Waals surface area contributed by atoms with Crippen LogP contribution in [0.25, 0.3) is 0 Å². The van der Waals surface area contributed by atoms with Crippen LogP contribution >= 0.6 is 0 Å². The molecule has 4 rings (SSSR count). The van der Waals surface area contributed by atoms with Gasteiger partial charge in [-0.3, -0.25) is 9.59 Å². The lowest BCUT2D eigenvalue weighted by atomic mass is 9.64. The van der Waals surface area contributed by atoms with Crippen LogP contribution in [-0.2, 0) is 10.2 Å². The average Bonchev–Trinajstić information content (AvgIpc) is 3.52. The largest absolute Gasteiger partial charge is 0.351 e. The van der Waals surface area contributed by atoms with Gasteiger partial charge in [-0.2, -0.15) is 0 Å². The topological polar surface area (TPSA) is 49.4 Å². The van der Waals surface area contributed by atoms with Gasteiger partial charge in [-0.05, 0) is 43.4 Å². The third-order valence-electron chi connectivity index (χ3n) is 6.05. The first kappa shape index (κ1) is 17.8. The molecule has 2 aliphatic carbocycles. The fourth-order valence-corrected chi connectivity index (χ4v) is 3.99. The zero-order valence-corrected chi connectivity index (χ0v) is 15.8. The Hall–Kier alpha value is -2.62. The van der Waals surface area contributed by atoms with Gasteiger partial charge in [-0.1, -0.05) is 48.9 Å². The summed E-state index contributed by atoms with van der Waals surface area (Å²) in [6.45, 7) is 0.629. The first-order valence-electron chi connectivity index (χ1n) is 9.81. The van der Waals surface area contributed by atoms with Crippen LogP contribution in [0.3, 0.4) is 0 Å². The average molecular weight is 362 g/mol. The second kappa shape index (κ2) is 7.18. The van der Waals surface area contributed by atoms with Crippen molar-refractivity contribution in [2.75, 3.05) is 18.5 Å². The third kappa shape index (κ3) is 3.48. The number of nitrogens with one attached hydrogen (secondary N) is 1. The van der Waals surface area contributed by atoms with Gasteiger partial charge in [0.1, 0.15) is 0 Å². The van der Waals surface area contributed by atoms with Crippen LogP contribution in [0.15, 0.2) is 54.6 Å². The van der Waals surface area contributed by atoms with Crippen LogP contribution in [0, 0.1) is 5.92 Å². The summed E-state index contributed by atoms with van der Waals surface area (Å²) in [7, 11) is 1.77. The lowest BCUT2D eigenvalue weighted by Gasteiger charge is -2.42. The summed E-state index contributed by atoms with van der Waals surface area (Å²) in [5.74, 6) is 0.126. The first-order valence-corrected chi connectivity index (χ1v) is 9.81. The van der Waals surface area contributed by atoms with E-state index in [4.69, 9.17) is 0 Å². The molecule has 0 radical (unpaired) electrons. The molecule has 2 aliphatic rings. The number of carbonyl (C=O) groups excluding carboxylic acids is 2. The molecule has 0 bridgehead atoms. The molecular weight excluding hydrogens is 336 g/mol. The van der Waals surface area contributed by atoms with Crippen molar-refractivity contribution in [1.29, 1.82) is 0 Å². The highest BCUT2D eigenvalue weighted by Gasteiger charge is 2.39. The molecule has 0 saturated heterocycles. The van der Waals surface area contributed by atoms with Crippen molar-refractivity contribution >= 4 is 17.5 Å². The van der Waals surface area contributed by atoms with Crippen molar-refractivity contribution in [3.05, 3.63) is 65.7 Å². The van der Waals surface area contributed by atoms with Gasteiger partial charge in [-0.15, -0.1) is 0 Å². The molecule has 1 N–H and O–H groups in total. The minimum absolute atomic E-state index is 0.0433. The molecule has 0 aliphatic heterocycles. The number of amides is 2. The minimum Gasteiger partial charge on any atom is -0.351 e. The molecule has 0 heterocycles. The highest BCUT2D eigenvalue weighted by molar-refractivity contribution is 6.05. The monoisotopic (exact) mass is 362 g/mol. The van der Waals surface area contributed by atoms with Crippen LogP contribution in [-0.4, -0.2) is 25.4 Å². The molecule has 2 aromatic carbocycles. The summed E-state index contributed by atoms with van der Waals surface area (Å²) < 4.78 is 0. The maximum absolute atomic E-state index is 12.9. The minimum atomic E-state index is -0.108. The molecule has 4 heteroatoms. The molecule has 2 fully saturated rings. The summed E-state index contributed by atoms with van der Waals surface area (Å²) in [6, 6.07) is 17.8. The number of rotatable bonds is 6. The van der Waals surface area contributed by atoms with E-state index in [0.29, 0.717) is 17.8 Å². The smallest absolute Gasteiger partial charge is 0.253 e. The molecule has 4 nitrogen and oxygen atoms in total. The van der Waals surface area contributed by atoms with Gasteiger partial charge < -0.3 is 10.2 Å². The standard InChI is InChI=1S/C23H26N2O2/c1-25(22(27)17-12-13-17)20-11-6-5-10-19(20)21(26)24-16-23(14-7-15-23)18-8-3-2-4-9-18/h2-6,8-11,17H,7,12-16H2,1H3,(H,24,26). The molecule has 140 valence electrons. The molecule has 0 unspecified atom stereocenters. The number of nitrogens with zero attached hydrogens (tertiary/aromatic N) is 1. The van der Waals surface area contributed by atoms with Gasteiger partial charge in [0.05, 0.1) is 11.3 Å². The maximum Gasteiger partial charge on any atom is 0.253 e.